The molecule has 2 heterocycles. The summed E-state index contributed by atoms with van der Waals surface area (Å²) in [6.45, 7) is 7.88. The average Bonchev–Trinajstić information content (AvgIpc) is 3.27. The molecule has 1 aliphatic heterocycles. The molecular weight excluding hydrogens is 416 g/mol. The molecule has 4 rings (SSSR count). The summed E-state index contributed by atoms with van der Waals surface area (Å²) in [6, 6.07) is 10.6. The third kappa shape index (κ3) is 5.09. The van der Waals surface area contributed by atoms with Gasteiger partial charge in [-0.15, -0.1) is 11.3 Å². The molecule has 1 saturated carbocycles. The van der Waals surface area contributed by atoms with E-state index in [0.29, 0.717) is 19.0 Å². The standard InChI is InChI=1S/C27H36N2O2S/c1-19(2)17-28(27(31)22-7-5-4-6-8-22)18-25(30)29-15-13-24-23(14-16-32-24)26(29)21-11-9-20(3)10-12-21/h9-12,14,16,19,22,26H,4-8,13,15,17-18H2,1-3H3. The van der Waals surface area contributed by atoms with E-state index in [0.717, 1.165) is 37.7 Å². The monoisotopic (exact) mass is 452 g/mol. The van der Waals surface area contributed by atoms with Crippen LogP contribution in [0.1, 0.15) is 73.6 Å². The number of thiophene rings is 1. The van der Waals surface area contributed by atoms with E-state index in [2.05, 4.69) is 56.5 Å². The smallest absolute Gasteiger partial charge is 0.242 e. The van der Waals surface area contributed by atoms with Gasteiger partial charge in [0.1, 0.15) is 0 Å². The Kier molecular flexibility index (Phi) is 7.34. The summed E-state index contributed by atoms with van der Waals surface area (Å²) >= 11 is 1.78. The Morgan fingerprint density at radius 3 is 2.50 bits per heavy atom. The molecule has 2 aliphatic rings. The molecule has 1 aliphatic carbocycles. The Hall–Kier alpha value is -2.14. The molecule has 0 bridgehead atoms. The van der Waals surface area contributed by atoms with E-state index >= 15 is 0 Å². The van der Waals surface area contributed by atoms with E-state index in [1.165, 1.54) is 22.4 Å². The van der Waals surface area contributed by atoms with Gasteiger partial charge in [-0.05, 0) is 54.7 Å². The number of hydrogen-bond donors (Lipinski definition) is 0. The zero-order chi connectivity index (χ0) is 22.7. The molecule has 2 aromatic rings. The van der Waals surface area contributed by atoms with Crippen LogP contribution in [0.25, 0.3) is 0 Å². The van der Waals surface area contributed by atoms with Gasteiger partial charge in [0.25, 0.3) is 0 Å². The van der Waals surface area contributed by atoms with Crippen molar-refractivity contribution < 1.29 is 9.59 Å². The van der Waals surface area contributed by atoms with Gasteiger partial charge in [-0.2, -0.15) is 0 Å². The largest absolute Gasteiger partial charge is 0.333 e. The highest BCUT2D eigenvalue weighted by Gasteiger charge is 2.35. The maximum atomic E-state index is 13.7. The number of aryl methyl sites for hydroxylation is 1. The fourth-order valence-electron chi connectivity index (χ4n) is 5.23. The zero-order valence-corrected chi connectivity index (χ0v) is 20.5. The van der Waals surface area contributed by atoms with Crippen LogP contribution in [0.4, 0.5) is 0 Å². The normalized spacial score (nSPS) is 19.1. The Morgan fingerprint density at radius 2 is 1.81 bits per heavy atom. The maximum absolute atomic E-state index is 13.7. The maximum Gasteiger partial charge on any atom is 0.242 e. The van der Waals surface area contributed by atoms with Gasteiger partial charge in [0.15, 0.2) is 0 Å². The van der Waals surface area contributed by atoms with Crippen LogP contribution >= 0.6 is 11.3 Å². The van der Waals surface area contributed by atoms with E-state index in [1.807, 2.05) is 9.80 Å². The number of fused-ring (bicyclic) bond motifs is 1. The second-order valence-corrected chi connectivity index (χ2v) is 10.9. The van der Waals surface area contributed by atoms with Gasteiger partial charge in [-0.3, -0.25) is 9.59 Å². The molecule has 0 spiro atoms. The summed E-state index contributed by atoms with van der Waals surface area (Å²) in [5.41, 5.74) is 3.61. The first-order chi connectivity index (χ1) is 15.4. The first-order valence-electron chi connectivity index (χ1n) is 12.1. The number of hydrogen-bond acceptors (Lipinski definition) is 3. The Balaban J connectivity index is 1.57. The van der Waals surface area contributed by atoms with Crippen molar-refractivity contribution in [2.24, 2.45) is 11.8 Å². The van der Waals surface area contributed by atoms with Crippen LogP contribution in [0, 0.1) is 18.8 Å². The first kappa shape index (κ1) is 23.0. The number of rotatable bonds is 6. The van der Waals surface area contributed by atoms with Crippen molar-refractivity contribution in [1.29, 1.82) is 0 Å². The van der Waals surface area contributed by atoms with E-state index < -0.39 is 0 Å². The van der Waals surface area contributed by atoms with Crippen LogP contribution in [-0.2, 0) is 16.0 Å². The Labute approximate surface area is 196 Å². The molecule has 32 heavy (non-hydrogen) atoms. The lowest BCUT2D eigenvalue weighted by Gasteiger charge is -2.38. The fraction of sp³-hybridized carbons (Fsp3) is 0.556. The summed E-state index contributed by atoms with van der Waals surface area (Å²) < 4.78 is 0. The Bertz CT molecular complexity index is 927. The van der Waals surface area contributed by atoms with E-state index in [9.17, 15) is 9.59 Å². The van der Waals surface area contributed by atoms with Gasteiger partial charge < -0.3 is 9.80 Å². The van der Waals surface area contributed by atoms with Crippen LogP contribution in [0.2, 0.25) is 0 Å². The summed E-state index contributed by atoms with van der Waals surface area (Å²) in [5.74, 6) is 0.685. The molecule has 0 N–H and O–H groups in total. The number of nitrogens with zero attached hydrogens (tertiary/aromatic N) is 2. The third-order valence-electron chi connectivity index (χ3n) is 6.86. The number of benzene rings is 1. The molecule has 0 saturated heterocycles. The van der Waals surface area contributed by atoms with Gasteiger partial charge in [0, 0.05) is 23.9 Å². The quantitative estimate of drug-likeness (QED) is 0.573. The van der Waals surface area contributed by atoms with Crippen LogP contribution in [0.15, 0.2) is 35.7 Å². The van der Waals surface area contributed by atoms with Gasteiger partial charge in [0.2, 0.25) is 11.8 Å². The minimum absolute atomic E-state index is 0.0659. The topological polar surface area (TPSA) is 40.6 Å². The molecule has 5 heteroatoms. The average molecular weight is 453 g/mol. The van der Waals surface area contributed by atoms with Crippen molar-refractivity contribution in [3.8, 4) is 0 Å². The summed E-state index contributed by atoms with van der Waals surface area (Å²) in [4.78, 5) is 32.3. The van der Waals surface area contributed by atoms with Crippen molar-refractivity contribution in [3.63, 3.8) is 0 Å². The summed E-state index contributed by atoms with van der Waals surface area (Å²) in [6.07, 6.45) is 6.31. The third-order valence-corrected chi connectivity index (χ3v) is 7.85. The highest BCUT2D eigenvalue weighted by molar-refractivity contribution is 7.10. The van der Waals surface area contributed by atoms with Crippen molar-refractivity contribution in [1.82, 2.24) is 9.80 Å². The number of carbonyl (C=O) groups excluding carboxylic acids is 2. The van der Waals surface area contributed by atoms with Crippen LogP contribution < -0.4 is 0 Å². The second-order valence-electron chi connectivity index (χ2n) is 9.90. The van der Waals surface area contributed by atoms with Crippen molar-refractivity contribution >= 4 is 23.2 Å². The van der Waals surface area contributed by atoms with Gasteiger partial charge >= 0.3 is 0 Å². The highest BCUT2D eigenvalue weighted by atomic mass is 32.1. The minimum atomic E-state index is -0.0659. The molecule has 1 atom stereocenters. The van der Waals surface area contributed by atoms with E-state index in [4.69, 9.17) is 0 Å². The molecular formula is C27H36N2O2S. The molecule has 1 unspecified atom stereocenters. The lowest BCUT2D eigenvalue weighted by atomic mass is 9.88. The molecule has 2 amide bonds. The van der Waals surface area contributed by atoms with Crippen LogP contribution in [0.3, 0.4) is 0 Å². The molecule has 172 valence electrons. The minimum Gasteiger partial charge on any atom is -0.333 e. The van der Waals surface area contributed by atoms with E-state index in [1.54, 1.807) is 11.3 Å². The number of carbonyl (C=O) groups is 2. The number of amides is 2. The van der Waals surface area contributed by atoms with Crippen molar-refractivity contribution in [3.05, 3.63) is 57.3 Å². The van der Waals surface area contributed by atoms with Gasteiger partial charge in [-0.1, -0.05) is 62.9 Å². The Morgan fingerprint density at radius 1 is 1.09 bits per heavy atom. The second kappa shape index (κ2) is 10.2. The molecule has 4 nitrogen and oxygen atoms in total. The predicted molar refractivity (Wildman–Crippen MR) is 131 cm³/mol. The SMILES string of the molecule is Cc1ccc(C2c3ccsc3CCN2C(=O)CN(CC(C)C)C(=O)C2CCCCC2)cc1. The fourth-order valence-corrected chi connectivity index (χ4v) is 6.13. The van der Waals surface area contributed by atoms with Gasteiger partial charge in [0.05, 0.1) is 12.6 Å². The summed E-state index contributed by atoms with van der Waals surface area (Å²) in [7, 11) is 0. The van der Waals surface area contributed by atoms with Crippen molar-refractivity contribution in [2.75, 3.05) is 19.6 Å². The first-order valence-corrected chi connectivity index (χ1v) is 13.0. The van der Waals surface area contributed by atoms with E-state index in [-0.39, 0.29) is 30.3 Å². The van der Waals surface area contributed by atoms with Crippen LogP contribution in [0.5, 0.6) is 0 Å². The van der Waals surface area contributed by atoms with Gasteiger partial charge in [-0.25, -0.2) is 0 Å². The molecule has 1 fully saturated rings. The van der Waals surface area contributed by atoms with Crippen molar-refractivity contribution in [2.45, 2.75) is 65.3 Å². The lowest BCUT2D eigenvalue weighted by Crippen LogP contribution is -2.49. The zero-order valence-electron chi connectivity index (χ0n) is 19.7. The molecule has 0 radical (unpaired) electrons. The van der Waals surface area contributed by atoms with Crippen LogP contribution in [-0.4, -0.2) is 41.2 Å². The predicted octanol–water partition coefficient (Wildman–Crippen LogP) is 5.60. The molecule has 1 aromatic heterocycles. The molecule has 1 aromatic carbocycles. The summed E-state index contributed by atoms with van der Waals surface area (Å²) in [5, 5.41) is 2.14. The highest BCUT2D eigenvalue weighted by Crippen LogP contribution is 2.38. The lowest BCUT2D eigenvalue weighted by molar-refractivity contribution is -0.145.